The fourth-order valence-corrected chi connectivity index (χ4v) is 3.88. The lowest BCUT2D eigenvalue weighted by molar-refractivity contribution is 0.0691. The summed E-state index contributed by atoms with van der Waals surface area (Å²) in [4.78, 5) is 27.9. The lowest BCUT2D eigenvalue weighted by Gasteiger charge is -2.34. The van der Waals surface area contributed by atoms with Crippen molar-refractivity contribution in [3.05, 3.63) is 42.4 Å². The number of anilines is 3. The molecule has 0 aliphatic carbocycles. The molecule has 2 aliphatic heterocycles. The molecule has 0 saturated carbocycles. The van der Waals surface area contributed by atoms with E-state index in [2.05, 4.69) is 63.3 Å². The minimum absolute atomic E-state index is 0.00670. The molecule has 7 heteroatoms. The van der Waals surface area contributed by atoms with Gasteiger partial charge in [0.2, 0.25) is 0 Å². The molecule has 0 atom stereocenters. The number of likely N-dealkylation sites (N-methyl/N-ethyl adjacent to an activating group) is 1. The van der Waals surface area contributed by atoms with Gasteiger partial charge >= 0.3 is 0 Å². The molecule has 1 aromatic heterocycles. The third-order valence-electron chi connectivity index (χ3n) is 5.97. The molecule has 0 unspecified atom stereocenters. The monoisotopic (exact) mass is 394 g/mol. The minimum atomic E-state index is -0.00670. The highest BCUT2D eigenvalue weighted by Gasteiger charge is 2.22. The van der Waals surface area contributed by atoms with Gasteiger partial charge in [0.15, 0.2) is 0 Å². The number of amides is 1. The predicted octanol–water partition coefficient (Wildman–Crippen LogP) is 2.84. The summed E-state index contributed by atoms with van der Waals surface area (Å²) >= 11 is 0. The molecule has 154 valence electrons. The Labute approximate surface area is 172 Å². The van der Waals surface area contributed by atoms with Gasteiger partial charge in [0.1, 0.15) is 17.8 Å². The van der Waals surface area contributed by atoms with E-state index in [9.17, 15) is 4.79 Å². The molecular weight excluding hydrogens is 364 g/mol. The van der Waals surface area contributed by atoms with Crippen molar-refractivity contribution in [1.82, 2.24) is 19.8 Å². The van der Waals surface area contributed by atoms with Crippen LogP contribution in [0.1, 0.15) is 30.3 Å². The van der Waals surface area contributed by atoms with Crippen LogP contribution in [0.5, 0.6) is 0 Å². The summed E-state index contributed by atoms with van der Waals surface area (Å²) in [5.74, 6) is 1.32. The van der Waals surface area contributed by atoms with Crippen LogP contribution < -0.4 is 10.2 Å². The zero-order valence-electron chi connectivity index (χ0n) is 17.3. The number of rotatable bonds is 4. The molecule has 7 nitrogen and oxygen atoms in total. The summed E-state index contributed by atoms with van der Waals surface area (Å²) < 4.78 is 0. The summed E-state index contributed by atoms with van der Waals surface area (Å²) in [5.41, 5.74) is 2.64. The van der Waals surface area contributed by atoms with E-state index in [-0.39, 0.29) is 5.91 Å². The number of likely N-dealkylation sites (tertiary alicyclic amines) is 1. The molecule has 2 aromatic rings. The van der Waals surface area contributed by atoms with E-state index in [1.807, 2.05) is 4.90 Å². The first kappa shape index (κ1) is 19.6. The van der Waals surface area contributed by atoms with Crippen molar-refractivity contribution in [3.8, 4) is 0 Å². The Bertz CT molecular complexity index is 823. The van der Waals surface area contributed by atoms with Crippen LogP contribution in [0.4, 0.5) is 17.2 Å². The van der Waals surface area contributed by atoms with E-state index < -0.39 is 0 Å². The number of nitrogens with one attached hydrogen (secondary N) is 1. The van der Waals surface area contributed by atoms with Gasteiger partial charge in [-0.25, -0.2) is 9.97 Å². The first-order valence-electron chi connectivity index (χ1n) is 10.5. The van der Waals surface area contributed by atoms with Crippen LogP contribution in [0.2, 0.25) is 0 Å². The summed E-state index contributed by atoms with van der Waals surface area (Å²) in [5, 5.41) is 3.30. The Morgan fingerprint density at radius 2 is 1.69 bits per heavy atom. The van der Waals surface area contributed by atoms with Crippen molar-refractivity contribution >= 4 is 23.1 Å². The third kappa shape index (κ3) is 4.85. The molecule has 0 bridgehead atoms. The highest BCUT2D eigenvalue weighted by atomic mass is 16.2. The highest BCUT2D eigenvalue weighted by molar-refractivity contribution is 5.93. The molecule has 0 spiro atoms. The zero-order valence-corrected chi connectivity index (χ0v) is 17.3. The van der Waals surface area contributed by atoms with E-state index in [4.69, 9.17) is 0 Å². The average Bonchev–Trinajstić information content (AvgIpc) is 2.75. The van der Waals surface area contributed by atoms with Crippen molar-refractivity contribution in [2.75, 3.05) is 56.5 Å². The lowest BCUT2D eigenvalue weighted by atomic mass is 9.99. The van der Waals surface area contributed by atoms with Gasteiger partial charge in [0.25, 0.3) is 5.91 Å². The Morgan fingerprint density at radius 3 is 2.38 bits per heavy atom. The van der Waals surface area contributed by atoms with Gasteiger partial charge in [-0.05, 0) is 50.1 Å². The number of hydrogen-bond donors (Lipinski definition) is 1. The summed E-state index contributed by atoms with van der Waals surface area (Å²) in [6.45, 7) is 8.14. The number of piperidine rings is 1. The molecule has 29 heavy (non-hydrogen) atoms. The highest BCUT2D eigenvalue weighted by Crippen LogP contribution is 2.22. The Kier molecular flexibility index (Phi) is 5.94. The molecule has 2 saturated heterocycles. The molecule has 0 radical (unpaired) electrons. The molecule has 2 fully saturated rings. The molecule has 2 aliphatic rings. The van der Waals surface area contributed by atoms with Crippen LogP contribution in [0.3, 0.4) is 0 Å². The second kappa shape index (κ2) is 8.78. The van der Waals surface area contributed by atoms with Gasteiger partial charge in [-0.2, -0.15) is 0 Å². The number of carbonyl (C=O) groups excluding carboxylic acids is 1. The van der Waals surface area contributed by atoms with Crippen LogP contribution in [0.15, 0.2) is 36.7 Å². The van der Waals surface area contributed by atoms with E-state index in [0.717, 1.165) is 57.8 Å². The largest absolute Gasteiger partial charge is 0.369 e. The van der Waals surface area contributed by atoms with Crippen molar-refractivity contribution in [3.63, 3.8) is 0 Å². The second-order valence-electron chi connectivity index (χ2n) is 8.23. The van der Waals surface area contributed by atoms with Gasteiger partial charge in [-0.1, -0.05) is 6.92 Å². The van der Waals surface area contributed by atoms with Gasteiger partial charge in [0.05, 0.1) is 0 Å². The maximum absolute atomic E-state index is 12.8. The summed E-state index contributed by atoms with van der Waals surface area (Å²) in [7, 11) is 2.16. The van der Waals surface area contributed by atoms with Gasteiger partial charge < -0.3 is 20.0 Å². The van der Waals surface area contributed by atoms with Crippen molar-refractivity contribution in [2.45, 2.75) is 19.8 Å². The number of carbonyl (C=O) groups is 1. The molecular formula is C22H30N6O. The van der Waals surface area contributed by atoms with E-state index in [1.165, 1.54) is 12.0 Å². The fourth-order valence-electron chi connectivity index (χ4n) is 3.88. The maximum atomic E-state index is 12.8. The molecule has 1 aromatic carbocycles. The van der Waals surface area contributed by atoms with Gasteiger partial charge in [-0.3, -0.25) is 4.79 Å². The van der Waals surface area contributed by atoms with E-state index >= 15 is 0 Å². The second-order valence-corrected chi connectivity index (χ2v) is 8.23. The normalized spacial score (nSPS) is 18.7. The SMILES string of the molecule is CC1CCN(C(=O)c2cc(Nc3ccc(N4CCN(C)CC4)cc3)ncn2)CC1. The van der Waals surface area contributed by atoms with E-state index in [0.29, 0.717) is 17.4 Å². The van der Waals surface area contributed by atoms with Crippen molar-refractivity contribution in [1.29, 1.82) is 0 Å². The van der Waals surface area contributed by atoms with Crippen molar-refractivity contribution < 1.29 is 4.79 Å². The number of benzene rings is 1. The molecule has 4 rings (SSSR count). The topological polar surface area (TPSA) is 64.6 Å². The summed E-state index contributed by atoms with van der Waals surface area (Å²) in [6.07, 6.45) is 3.57. The zero-order chi connectivity index (χ0) is 20.2. The number of piperazine rings is 1. The van der Waals surface area contributed by atoms with Crippen LogP contribution in [-0.4, -0.2) is 72.0 Å². The van der Waals surface area contributed by atoms with Gasteiger partial charge in [-0.15, -0.1) is 0 Å². The number of nitrogens with zero attached hydrogens (tertiary/aromatic N) is 5. The Balaban J connectivity index is 1.39. The number of hydrogen-bond acceptors (Lipinski definition) is 6. The average molecular weight is 395 g/mol. The smallest absolute Gasteiger partial charge is 0.272 e. The van der Waals surface area contributed by atoms with Crippen LogP contribution in [-0.2, 0) is 0 Å². The van der Waals surface area contributed by atoms with Crippen LogP contribution in [0.25, 0.3) is 0 Å². The Hall–Kier alpha value is -2.67. The fraction of sp³-hybridized carbons (Fsp3) is 0.500. The first-order valence-corrected chi connectivity index (χ1v) is 10.5. The van der Waals surface area contributed by atoms with E-state index in [1.54, 1.807) is 6.07 Å². The maximum Gasteiger partial charge on any atom is 0.272 e. The molecule has 1 N–H and O–H groups in total. The molecule has 3 heterocycles. The van der Waals surface area contributed by atoms with Gasteiger partial charge in [0, 0.05) is 56.7 Å². The summed E-state index contributed by atoms with van der Waals surface area (Å²) in [6, 6.07) is 10.1. The van der Waals surface area contributed by atoms with Crippen LogP contribution >= 0.6 is 0 Å². The Morgan fingerprint density at radius 1 is 1.00 bits per heavy atom. The quantitative estimate of drug-likeness (QED) is 0.860. The van der Waals surface area contributed by atoms with Crippen molar-refractivity contribution in [2.24, 2.45) is 5.92 Å². The first-order chi connectivity index (χ1) is 14.1. The third-order valence-corrected chi connectivity index (χ3v) is 5.97. The standard InChI is InChI=1S/C22H30N6O/c1-17-7-9-28(10-8-17)22(29)20-15-21(24-16-23-20)25-18-3-5-19(6-4-18)27-13-11-26(2)12-14-27/h3-6,15-17H,7-14H2,1-2H3,(H,23,24,25). The lowest BCUT2D eigenvalue weighted by Crippen LogP contribution is -2.44. The molecule has 1 amide bonds. The van der Waals surface area contributed by atoms with Crippen LogP contribution in [0, 0.1) is 5.92 Å². The number of aromatic nitrogens is 2. The minimum Gasteiger partial charge on any atom is -0.369 e. The predicted molar refractivity (Wildman–Crippen MR) is 116 cm³/mol.